The van der Waals surface area contributed by atoms with Crippen LogP contribution in [0.5, 0.6) is 11.5 Å². The molecule has 0 atom stereocenters. The van der Waals surface area contributed by atoms with Crippen LogP contribution in [0.25, 0.3) is 35.7 Å². The van der Waals surface area contributed by atoms with Gasteiger partial charge in [-0.3, -0.25) is 9.97 Å². The molecule has 0 aliphatic heterocycles. The normalized spacial score (nSPS) is 11.2. The molecule has 0 radical (unpaired) electrons. The Kier molecular flexibility index (Phi) is 6.73. The van der Waals surface area contributed by atoms with Crippen LogP contribution in [0.1, 0.15) is 22.3 Å². The van der Waals surface area contributed by atoms with E-state index in [9.17, 15) is 0 Å². The Labute approximate surface area is 188 Å². The van der Waals surface area contributed by atoms with Crippen molar-refractivity contribution in [3.8, 4) is 22.9 Å². The molecule has 0 fully saturated rings. The number of aromatic nitrogens is 2. The topological polar surface area (TPSA) is 44.2 Å². The smallest absolute Gasteiger partial charge is 0.119 e. The third-order valence-electron chi connectivity index (χ3n) is 4.95. The van der Waals surface area contributed by atoms with E-state index < -0.39 is 0 Å². The summed E-state index contributed by atoms with van der Waals surface area (Å²) in [4.78, 5) is 9.03. The number of ether oxygens (including phenoxy) is 2. The van der Waals surface area contributed by atoms with E-state index in [1.165, 1.54) is 0 Å². The predicted molar refractivity (Wildman–Crippen MR) is 131 cm³/mol. The fourth-order valence-corrected chi connectivity index (χ4v) is 3.26. The first kappa shape index (κ1) is 21.1. The third-order valence-corrected chi connectivity index (χ3v) is 4.95. The standard InChI is InChI=1S/C28H24N2O2/c1-31-25-7-3-5-21(17-25)9-11-23-13-15-29-27(19-23)28-20-24(14-16-30-28)12-10-22-6-4-8-26(18-22)32-2/h3-20H,1-2H3/b11-9-,12-10+. The highest BCUT2D eigenvalue weighted by Gasteiger charge is 2.03. The third kappa shape index (κ3) is 5.49. The lowest BCUT2D eigenvalue weighted by Gasteiger charge is -2.04. The van der Waals surface area contributed by atoms with Crippen LogP contribution >= 0.6 is 0 Å². The van der Waals surface area contributed by atoms with E-state index in [0.717, 1.165) is 45.1 Å². The van der Waals surface area contributed by atoms with Crippen LogP contribution in [0.3, 0.4) is 0 Å². The van der Waals surface area contributed by atoms with Gasteiger partial charge in [0.05, 0.1) is 25.6 Å². The molecule has 0 spiro atoms. The molecular formula is C28H24N2O2. The van der Waals surface area contributed by atoms with E-state index in [0.29, 0.717) is 0 Å². The minimum Gasteiger partial charge on any atom is -0.497 e. The molecule has 2 aromatic heterocycles. The minimum atomic E-state index is 0.828. The molecule has 0 bridgehead atoms. The number of nitrogens with zero attached hydrogens (tertiary/aromatic N) is 2. The predicted octanol–water partition coefficient (Wildman–Crippen LogP) is 6.50. The zero-order valence-corrected chi connectivity index (χ0v) is 18.1. The van der Waals surface area contributed by atoms with Gasteiger partial charge >= 0.3 is 0 Å². The molecule has 158 valence electrons. The highest BCUT2D eigenvalue weighted by atomic mass is 16.5. The summed E-state index contributed by atoms with van der Waals surface area (Å²) >= 11 is 0. The Hall–Kier alpha value is -4.18. The first-order chi connectivity index (χ1) is 15.7. The van der Waals surface area contributed by atoms with Crippen LogP contribution in [-0.4, -0.2) is 24.2 Å². The van der Waals surface area contributed by atoms with Gasteiger partial charge in [-0.05, 0) is 70.8 Å². The Balaban J connectivity index is 1.54. The summed E-state index contributed by atoms with van der Waals surface area (Å²) in [7, 11) is 3.34. The zero-order chi connectivity index (χ0) is 22.2. The SMILES string of the molecule is COc1cccc(/C=C\c2ccnc(-c3cc(/C=C/c4cccc(OC)c4)ccn3)c2)c1. The van der Waals surface area contributed by atoms with E-state index in [1.54, 1.807) is 26.6 Å². The van der Waals surface area contributed by atoms with Crippen molar-refractivity contribution in [3.63, 3.8) is 0 Å². The maximum Gasteiger partial charge on any atom is 0.119 e. The van der Waals surface area contributed by atoms with Gasteiger partial charge in [-0.25, -0.2) is 0 Å². The molecule has 0 amide bonds. The van der Waals surface area contributed by atoms with Gasteiger partial charge in [-0.1, -0.05) is 48.6 Å². The largest absolute Gasteiger partial charge is 0.497 e. The summed E-state index contributed by atoms with van der Waals surface area (Å²) < 4.78 is 10.6. The van der Waals surface area contributed by atoms with Crippen LogP contribution in [0.15, 0.2) is 85.2 Å². The molecular weight excluding hydrogens is 396 g/mol. The first-order valence-electron chi connectivity index (χ1n) is 10.3. The minimum absolute atomic E-state index is 0.828. The van der Waals surface area contributed by atoms with Gasteiger partial charge in [0.1, 0.15) is 11.5 Å². The number of hydrogen-bond donors (Lipinski definition) is 0. The zero-order valence-electron chi connectivity index (χ0n) is 18.1. The quantitative estimate of drug-likeness (QED) is 0.342. The summed E-state index contributed by atoms with van der Waals surface area (Å²) in [5.74, 6) is 1.68. The second-order valence-corrected chi connectivity index (χ2v) is 7.17. The number of rotatable bonds is 7. The Morgan fingerprint density at radius 1 is 0.531 bits per heavy atom. The van der Waals surface area contributed by atoms with Gasteiger partial charge in [0, 0.05) is 12.4 Å². The Morgan fingerprint density at radius 2 is 0.938 bits per heavy atom. The molecule has 0 saturated heterocycles. The van der Waals surface area contributed by atoms with Gasteiger partial charge in [-0.15, -0.1) is 0 Å². The molecule has 4 rings (SSSR count). The molecule has 32 heavy (non-hydrogen) atoms. The highest BCUT2D eigenvalue weighted by Crippen LogP contribution is 2.21. The van der Waals surface area contributed by atoms with Crippen molar-refractivity contribution in [2.24, 2.45) is 0 Å². The fraction of sp³-hybridized carbons (Fsp3) is 0.0714. The van der Waals surface area contributed by atoms with Crippen LogP contribution in [-0.2, 0) is 0 Å². The fourth-order valence-electron chi connectivity index (χ4n) is 3.26. The second kappa shape index (κ2) is 10.2. The molecule has 2 aromatic carbocycles. The van der Waals surface area contributed by atoms with E-state index in [-0.39, 0.29) is 0 Å². The molecule has 0 unspecified atom stereocenters. The Bertz CT molecular complexity index is 1160. The Morgan fingerprint density at radius 3 is 1.34 bits per heavy atom. The van der Waals surface area contributed by atoms with Gasteiger partial charge in [-0.2, -0.15) is 0 Å². The van der Waals surface area contributed by atoms with Gasteiger partial charge in [0.25, 0.3) is 0 Å². The van der Waals surface area contributed by atoms with Crippen LogP contribution in [0.4, 0.5) is 0 Å². The molecule has 0 saturated carbocycles. The highest BCUT2D eigenvalue weighted by molar-refractivity contribution is 5.74. The second-order valence-electron chi connectivity index (χ2n) is 7.17. The number of benzene rings is 2. The maximum absolute atomic E-state index is 5.29. The molecule has 0 aliphatic rings. The van der Waals surface area contributed by atoms with Gasteiger partial charge in [0.15, 0.2) is 0 Å². The monoisotopic (exact) mass is 420 g/mol. The average Bonchev–Trinajstić information content (AvgIpc) is 2.87. The van der Waals surface area contributed by atoms with Crippen molar-refractivity contribution in [3.05, 3.63) is 107 Å². The van der Waals surface area contributed by atoms with Crippen LogP contribution in [0.2, 0.25) is 0 Å². The molecule has 0 aliphatic carbocycles. The van der Waals surface area contributed by atoms with Gasteiger partial charge in [0.2, 0.25) is 0 Å². The van der Waals surface area contributed by atoms with Crippen LogP contribution < -0.4 is 9.47 Å². The lowest BCUT2D eigenvalue weighted by Crippen LogP contribution is -1.89. The van der Waals surface area contributed by atoms with Crippen molar-refractivity contribution in [1.29, 1.82) is 0 Å². The van der Waals surface area contributed by atoms with E-state index in [4.69, 9.17) is 9.47 Å². The molecule has 4 heteroatoms. The molecule has 4 nitrogen and oxygen atoms in total. The van der Waals surface area contributed by atoms with Crippen LogP contribution in [0, 0.1) is 0 Å². The van der Waals surface area contributed by atoms with E-state index >= 15 is 0 Å². The molecule has 2 heterocycles. The summed E-state index contributed by atoms with van der Waals surface area (Å²) in [5, 5.41) is 0. The number of pyridine rings is 2. The molecule has 4 aromatic rings. The maximum atomic E-state index is 5.29. The summed E-state index contributed by atoms with van der Waals surface area (Å²) in [6.07, 6.45) is 11.9. The van der Waals surface area contributed by atoms with E-state index in [1.807, 2.05) is 72.8 Å². The lowest BCUT2D eigenvalue weighted by atomic mass is 10.1. The first-order valence-corrected chi connectivity index (χ1v) is 10.3. The molecule has 0 N–H and O–H groups in total. The average molecular weight is 421 g/mol. The van der Waals surface area contributed by atoms with Crippen molar-refractivity contribution < 1.29 is 9.47 Å². The summed E-state index contributed by atoms with van der Waals surface area (Å²) in [6, 6.07) is 23.9. The van der Waals surface area contributed by atoms with Crippen molar-refractivity contribution in [1.82, 2.24) is 9.97 Å². The number of hydrogen-bond acceptors (Lipinski definition) is 4. The van der Waals surface area contributed by atoms with E-state index in [2.05, 4.69) is 34.3 Å². The van der Waals surface area contributed by atoms with Crippen molar-refractivity contribution in [2.75, 3.05) is 14.2 Å². The van der Waals surface area contributed by atoms with Crippen molar-refractivity contribution >= 4 is 24.3 Å². The lowest BCUT2D eigenvalue weighted by molar-refractivity contribution is 0.414. The van der Waals surface area contributed by atoms with Crippen molar-refractivity contribution in [2.45, 2.75) is 0 Å². The summed E-state index contributed by atoms with van der Waals surface area (Å²) in [5.41, 5.74) is 5.91. The summed E-state index contributed by atoms with van der Waals surface area (Å²) in [6.45, 7) is 0. The number of methoxy groups -OCH3 is 2. The van der Waals surface area contributed by atoms with Gasteiger partial charge < -0.3 is 9.47 Å².